The molecule has 2 N–H and O–H groups in total. The SMILES string of the molecule is BC(CCCC)(CCCC1CNCCS1)C(=O)O. The minimum Gasteiger partial charge on any atom is -0.481 e. The third-order valence-corrected chi connectivity index (χ3v) is 5.17. The van der Waals surface area contributed by atoms with Crippen LogP contribution in [0.3, 0.4) is 0 Å². The standard InChI is InChI=1S/C13H26BNO2S/c1-2-3-6-13(14,12(16)17)7-4-5-11-10-15-8-9-18-11/h11,15H,2-10,14H2,1H3,(H,16,17). The lowest BCUT2D eigenvalue weighted by molar-refractivity contribution is -0.141. The number of carboxylic acid groups (broad SMARTS) is 1. The Hall–Kier alpha value is -0.155. The van der Waals surface area contributed by atoms with E-state index in [2.05, 4.69) is 12.2 Å². The first-order valence-electron chi connectivity index (χ1n) is 7.14. The molecule has 0 aromatic heterocycles. The summed E-state index contributed by atoms with van der Waals surface area (Å²) in [4.78, 5) is 11.4. The Bertz CT molecular complexity index is 259. The molecule has 0 amide bonds. The number of carboxylic acids is 1. The van der Waals surface area contributed by atoms with Gasteiger partial charge in [-0.25, -0.2) is 0 Å². The molecule has 1 rings (SSSR count). The molecule has 18 heavy (non-hydrogen) atoms. The molecule has 0 aromatic rings. The average Bonchev–Trinajstić information content (AvgIpc) is 2.37. The van der Waals surface area contributed by atoms with Crippen molar-refractivity contribution in [2.45, 2.75) is 56.0 Å². The monoisotopic (exact) mass is 271 g/mol. The van der Waals surface area contributed by atoms with Gasteiger partial charge in [0.05, 0.1) is 0 Å². The number of unbranched alkanes of at least 4 members (excludes halogenated alkanes) is 1. The zero-order chi connectivity index (χ0) is 13.4. The van der Waals surface area contributed by atoms with Crippen LogP contribution in [0, 0.1) is 0 Å². The number of nitrogens with one attached hydrogen (secondary N) is 1. The predicted molar refractivity (Wildman–Crippen MR) is 81.4 cm³/mol. The second-order valence-electron chi connectivity index (χ2n) is 5.56. The van der Waals surface area contributed by atoms with E-state index in [0.29, 0.717) is 5.25 Å². The molecular formula is C13H26BNO2S. The Morgan fingerprint density at radius 3 is 2.78 bits per heavy atom. The fourth-order valence-corrected chi connectivity index (χ4v) is 3.60. The van der Waals surface area contributed by atoms with E-state index in [1.54, 1.807) is 0 Å². The lowest BCUT2D eigenvalue weighted by atomic mass is 9.63. The first kappa shape index (κ1) is 15.9. The lowest BCUT2D eigenvalue weighted by Gasteiger charge is -2.27. The van der Waals surface area contributed by atoms with Crippen LogP contribution in [0.15, 0.2) is 0 Å². The predicted octanol–water partition coefficient (Wildman–Crippen LogP) is 1.93. The summed E-state index contributed by atoms with van der Waals surface area (Å²) >= 11 is 2.03. The quantitative estimate of drug-likeness (QED) is 0.662. The van der Waals surface area contributed by atoms with E-state index < -0.39 is 11.3 Å². The van der Waals surface area contributed by atoms with Crippen molar-refractivity contribution in [2.75, 3.05) is 18.8 Å². The second kappa shape index (κ2) is 8.10. The van der Waals surface area contributed by atoms with Crippen molar-refractivity contribution in [1.82, 2.24) is 5.32 Å². The van der Waals surface area contributed by atoms with Crippen LogP contribution in [-0.4, -0.2) is 43.0 Å². The Kier molecular flexibility index (Phi) is 7.16. The van der Waals surface area contributed by atoms with E-state index >= 15 is 0 Å². The highest BCUT2D eigenvalue weighted by Gasteiger charge is 2.31. The summed E-state index contributed by atoms with van der Waals surface area (Å²) in [5.41, 5.74) is 0. The van der Waals surface area contributed by atoms with Crippen LogP contribution in [0.4, 0.5) is 0 Å². The fourth-order valence-electron chi connectivity index (χ4n) is 2.43. The van der Waals surface area contributed by atoms with E-state index in [1.807, 2.05) is 19.6 Å². The number of hydrogen-bond donors (Lipinski definition) is 2. The molecule has 0 aromatic carbocycles. The molecule has 3 nitrogen and oxygen atoms in total. The van der Waals surface area contributed by atoms with Crippen molar-refractivity contribution in [3.8, 4) is 0 Å². The molecule has 1 saturated heterocycles. The van der Waals surface area contributed by atoms with Gasteiger partial charge in [0.25, 0.3) is 0 Å². The zero-order valence-electron chi connectivity index (χ0n) is 11.7. The molecule has 1 fully saturated rings. The van der Waals surface area contributed by atoms with Crippen molar-refractivity contribution < 1.29 is 9.90 Å². The average molecular weight is 271 g/mol. The van der Waals surface area contributed by atoms with Crippen LogP contribution < -0.4 is 5.32 Å². The van der Waals surface area contributed by atoms with Crippen LogP contribution in [0.5, 0.6) is 0 Å². The van der Waals surface area contributed by atoms with E-state index in [4.69, 9.17) is 0 Å². The molecule has 5 heteroatoms. The number of hydrogen-bond acceptors (Lipinski definition) is 3. The number of carbonyl (C=O) groups is 1. The van der Waals surface area contributed by atoms with Gasteiger partial charge in [-0.2, -0.15) is 11.8 Å². The Balaban J connectivity index is 2.30. The summed E-state index contributed by atoms with van der Waals surface area (Å²) in [5, 5.41) is 13.0. The van der Waals surface area contributed by atoms with E-state index in [-0.39, 0.29) is 0 Å². The minimum atomic E-state index is -0.620. The summed E-state index contributed by atoms with van der Waals surface area (Å²) in [5.74, 6) is 0.571. The van der Waals surface area contributed by atoms with Gasteiger partial charge in [-0.3, -0.25) is 4.79 Å². The molecule has 0 aliphatic carbocycles. The zero-order valence-corrected chi connectivity index (χ0v) is 12.5. The second-order valence-corrected chi connectivity index (χ2v) is 6.97. The Labute approximate surface area is 116 Å². The highest BCUT2D eigenvalue weighted by atomic mass is 32.2. The van der Waals surface area contributed by atoms with E-state index in [0.717, 1.165) is 51.6 Å². The maximum absolute atomic E-state index is 11.4. The molecule has 1 aliphatic heterocycles. The Morgan fingerprint density at radius 1 is 1.50 bits per heavy atom. The number of rotatable bonds is 8. The van der Waals surface area contributed by atoms with Crippen LogP contribution in [0.2, 0.25) is 5.31 Å². The summed E-state index contributed by atoms with van der Waals surface area (Å²) in [6, 6.07) is 0. The fraction of sp³-hybridized carbons (Fsp3) is 0.923. The van der Waals surface area contributed by atoms with Crippen LogP contribution in [0.1, 0.15) is 45.4 Å². The molecule has 0 radical (unpaired) electrons. The largest absolute Gasteiger partial charge is 0.481 e. The topological polar surface area (TPSA) is 49.3 Å². The lowest BCUT2D eigenvalue weighted by Crippen LogP contribution is -2.33. The smallest absolute Gasteiger partial charge is 0.301 e. The van der Waals surface area contributed by atoms with Crippen LogP contribution in [0.25, 0.3) is 0 Å². The normalized spacial score (nSPS) is 23.5. The third kappa shape index (κ3) is 5.23. The molecule has 0 bridgehead atoms. The van der Waals surface area contributed by atoms with E-state index in [1.165, 1.54) is 5.75 Å². The van der Waals surface area contributed by atoms with Crippen molar-refractivity contribution in [3.63, 3.8) is 0 Å². The van der Waals surface area contributed by atoms with Gasteiger partial charge in [-0.15, -0.1) is 0 Å². The Morgan fingerprint density at radius 2 is 2.22 bits per heavy atom. The van der Waals surface area contributed by atoms with Crippen LogP contribution >= 0.6 is 11.8 Å². The van der Waals surface area contributed by atoms with Gasteiger partial charge in [-0.05, 0) is 19.3 Å². The molecule has 2 atom stereocenters. The van der Waals surface area contributed by atoms with Crippen molar-refractivity contribution >= 4 is 25.6 Å². The molecule has 1 heterocycles. The molecule has 2 unspecified atom stereocenters. The summed E-state index contributed by atoms with van der Waals surface area (Å²) < 4.78 is 0. The van der Waals surface area contributed by atoms with Crippen molar-refractivity contribution in [2.24, 2.45) is 0 Å². The highest BCUT2D eigenvalue weighted by molar-refractivity contribution is 8.00. The third-order valence-electron chi connectivity index (χ3n) is 3.86. The van der Waals surface area contributed by atoms with Crippen molar-refractivity contribution in [1.29, 1.82) is 0 Å². The first-order chi connectivity index (χ1) is 8.58. The summed E-state index contributed by atoms with van der Waals surface area (Å²) in [6.45, 7) is 4.32. The van der Waals surface area contributed by atoms with E-state index in [9.17, 15) is 9.90 Å². The highest BCUT2D eigenvalue weighted by Crippen LogP contribution is 2.36. The minimum absolute atomic E-state index is 0.511. The molecule has 0 spiro atoms. The van der Waals surface area contributed by atoms with Gasteiger partial charge in [0.15, 0.2) is 0 Å². The molecular weight excluding hydrogens is 245 g/mol. The van der Waals surface area contributed by atoms with Crippen LogP contribution in [-0.2, 0) is 4.79 Å². The van der Waals surface area contributed by atoms with Gasteiger partial charge in [0.1, 0.15) is 7.85 Å². The van der Waals surface area contributed by atoms with Gasteiger partial charge in [0.2, 0.25) is 0 Å². The van der Waals surface area contributed by atoms with Gasteiger partial charge in [-0.1, -0.05) is 26.2 Å². The summed E-state index contributed by atoms with van der Waals surface area (Å²) in [6.07, 6.45) is 5.90. The number of thioether (sulfide) groups is 1. The number of aliphatic carboxylic acids is 1. The van der Waals surface area contributed by atoms with Gasteiger partial charge >= 0.3 is 5.97 Å². The van der Waals surface area contributed by atoms with Crippen molar-refractivity contribution in [3.05, 3.63) is 0 Å². The van der Waals surface area contributed by atoms with Gasteiger partial charge in [0, 0.05) is 29.4 Å². The first-order valence-corrected chi connectivity index (χ1v) is 8.19. The molecule has 1 aliphatic rings. The van der Waals surface area contributed by atoms with Gasteiger partial charge < -0.3 is 10.4 Å². The maximum atomic E-state index is 11.4. The maximum Gasteiger partial charge on any atom is 0.301 e. The molecule has 104 valence electrons. The molecule has 0 saturated carbocycles. The summed E-state index contributed by atoms with van der Waals surface area (Å²) in [7, 11) is 1.91.